The molecule has 3 heterocycles. The van der Waals surface area contributed by atoms with Crippen molar-refractivity contribution in [3.8, 4) is 11.3 Å². The zero-order valence-electron chi connectivity index (χ0n) is 18.8. The molecule has 4 aromatic rings. The lowest BCUT2D eigenvalue weighted by atomic mass is 10.0. The van der Waals surface area contributed by atoms with Gasteiger partial charge in [0.2, 0.25) is 0 Å². The average Bonchev–Trinajstić information content (AvgIpc) is 3.29. The maximum absolute atomic E-state index is 12.7. The number of pyridine rings is 1. The number of nitrogens with zero attached hydrogens (tertiary/aromatic N) is 4. The molecule has 162 valence electrons. The van der Waals surface area contributed by atoms with Gasteiger partial charge in [-0.2, -0.15) is 0 Å². The number of aryl methyl sites for hydroxylation is 2. The number of benzene rings is 1. The van der Waals surface area contributed by atoms with Crippen LogP contribution in [0.15, 0.2) is 30.6 Å². The van der Waals surface area contributed by atoms with Crippen LogP contribution < -0.4 is 10.6 Å². The largest absolute Gasteiger partial charge is 0.443 e. The van der Waals surface area contributed by atoms with E-state index in [1.54, 1.807) is 13.4 Å². The molecule has 0 saturated carbocycles. The Balaban J connectivity index is 1.88. The Morgan fingerprint density at radius 2 is 2.03 bits per heavy atom. The quantitative estimate of drug-likeness (QED) is 0.516. The van der Waals surface area contributed by atoms with Crippen molar-refractivity contribution in [1.29, 1.82) is 0 Å². The summed E-state index contributed by atoms with van der Waals surface area (Å²) in [6.07, 6.45) is 1.24. The lowest BCUT2D eigenvalue weighted by Crippen LogP contribution is -2.34. The van der Waals surface area contributed by atoms with E-state index in [1.807, 2.05) is 32.4 Å². The predicted molar refractivity (Wildman–Crippen MR) is 123 cm³/mol. The number of imidazole rings is 1. The van der Waals surface area contributed by atoms with Gasteiger partial charge in [-0.15, -0.1) is 0 Å². The van der Waals surface area contributed by atoms with Gasteiger partial charge in [0.05, 0.1) is 11.8 Å². The average molecular weight is 421 g/mol. The van der Waals surface area contributed by atoms with Crippen LogP contribution in [-0.4, -0.2) is 38.3 Å². The minimum Gasteiger partial charge on any atom is -0.443 e. The van der Waals surface area contributed by atoms with Gasteiger partial charge in [0, 0.05) is 31.7 Å². The number of nitrogens with two attached hydrogens (primary N) is 1. The molecule has 0 spiro atoms. The predicted octanol–water partition coefficient (Wildman–Crippen LogP) is 4.26. The van der Waals surface area contributed by atoms with Crippen LogP contribution in [0.25, 0.3) is 33.3 Å². The van der Waals surface area contributed by atoms with E-state index in [-0.39, 0.29) is 0 Å². The van der Waals surface area contributed by atoms with Gasteiger partial charge in [-0.3, -0.25) is 4.90 Å². The van der Waals surface area contributed by atoms with Gasteiger partial charge >= 0.3 is 6.09 Å². The molecule has 0 aliphatic heterocycles. The molecule has 8 nitrogen and oxygen atoms in total. The molecule has 3 N–H and O–H groups in total. The fourth-order valence-corrected chi connectivity index (χ4v) is 3.65. The summed E-state index contributed by atoms with van der Waals surface area (Å²) in [6, 6.07) is 8.29. The number of aromatic amines is 1. The molecule has 0 saturated heterocycles. The molecule has 31 heavy (non-hydrogen) atoms. The molecule has 0 aliphatic rings. The van der Waals surface area contributed by atoms with Gasteiger partial charge in [-0.1, -0.05) is 12.1 Å². The van der Waals surface area contributed by atoms with Gasteiger partial charge in [-0.25, -0.2) is 14.8 Å². The maximum Gasteiger partial charge on any atom is 0.415 e. The van der Waals surface area contributed by atoms with E-state index in [4.69, 9.17) is 15.5 Å². The Labute approximate surface area is 181 Å². The van der Waals surface area contributed by atoms with E-state index in [9.17, 15) is 4.79 Å². The van der Waals surface area contributed by atoms with Crippen molar-refractivity contribution in [3.63, 3.8) is 0 Å². The van der Waals surface area contributed by atoms with E-state index in [2.05, 4.69) is 41.2 Å². The molecule has 8 heteroatoms. The van der Waals surface area contributed by atoms with Crippen LogP contribution in [0.5, 0.6) is 0 Å². The van der Waals surface area contributed by atoms with Gasteiger partial charge < -0.3 is 20.0 Å². The Hall–Kier alpha value is -3.39. The highest BCUT2D eigenvalue weighted by atomic mass is 16.6. The minimum atomic E-state index is -0.607. The minimum absolute atomic E-state index is 0.442. The SMILES string of the molecule is Cc1ccc(-c2cc3c(nc(N(C)C(=O)OC(C)(C)C)c4ncn(C)c43)[nH]2)cc1CN. The summed E-state index contributed by atoms with van der Waals surface area (Å²) in [5, 5.41) is 0.932. The third-order valence-corrected chi connectivity index (χ3v) is 5.28. The summed E-state index contributed by atoms with van der Waals surface area (Å²) < 4.78 is 7.46. The highest BCUT2D eigenvalue weighted by Gasteiger charge is 2.25. The van der Waals surface area contributed by atoms with Crippen molar-refractivity contribution in [2.24, 2.45) is 12.8 Å². The van der Waals surface area contributed by atoms with Gasteiger partial charge in [0.25, 0.3) is 0 Å². The lowest BCUT2D eigenvalue weighted by molar-refractivity contribution is 0.0588. The number of fused-ring (bicyclic) bond motifs is 3. The van der Waals surface area contributed by atoms with Crippen LogP contribution in [0.2, 0.25) is 0 Å². The monoisotopic (exact) mass is 420 g/mol. The molecule has 0 radical (unpaired) electrons. The van der Waals surface area contributed by atoms with Crippen molar-refractivity contribution in [1.82, 2.24) is 19.5 Å². The van der Waals surface area contributed by atoms with E-state index in [0.717, 1.165) is 33.3 Å². The molecule has 1 amide bonds. The number of aromatic nitrogens is 4. The third kappa shape index (κ3) is 3.74. The van der Waals surface area contributed by atoms with Gasteiger partial charge in [0.1, 0.15) is 16.8 Å². The highest BCUT2D eigenvalue weighted by Crippen LogP contribution is 2.33. The molecule has 1 aromatic carbocycles. The second-order valence-electron chi connectivity index (χ2n) is 8.82. The summed E-state index contributed by atoms with van der Waals surface area (Å²) in [4.78, 5) is 26.7. The second kappa shape index (κ2) is 7.39. The van der Waals surface area contributed by atoms with Crippen molar-refractivity contribution < 1.29 is 9.53 Å². The molecular formula is C23H28N6O2. The zero-order valence-corrected chi connectivity index (χ0v) is 18.8. The Morgan fingerprint density at radius 1 is 1.29 bits per heavy atom. The molecule has 0 bridgehead atoms. The first kappa shape index (κ1) is 20.9. The number of H-pyrrole nitrogens is 1. The van der Waals surface area contributed by atoms with E-state index >= 15 is 0 Å². The summed E-state index contributed by atoms with van der Waals surface area (Å²) in [6.45, 7) is 8.03. The zero-order chi connectivity index (χ0) is 22.5. The molecule has 0 unspecified atom stereocenters. The first-order valence-corrected chi connectivity index (χ1v) is 10.2. The van der Waals surface area contributed by atoms with Gasteiger partial charge in [0.15, 0.2) is 5.82 Å². The fraction of sp³-hybridized carbons (Fsp3) is 0.348. The number of carbonyl (C=O) groups is 1. The number of ether oxygens (including phenoxy) is 1. The van der Waals surface area contributed by atoms with Crippen LogP contribution in [0, 0.1) is 6.92 Å². The molecule has 0 atom stereocenters. The van der Waals surface area contributed by atoms with E-state index in [0.29, 0.717) is 23.5 Å². The number of carbonyl (C=O) groups excluding carboxylic acids is 1. The summed E-state index contributed by atoms with van der Waals surface area (Å²) in [5.74, 6) is 0.442. The Morgan fingerprint density at radius 3 is 2.71 bits per heavy atom. The second-order valence-corrected chi connectivity index (χ2v) is 8.82. The fourth-order valence-electron chi connectivity index (χ4n) is 3.65. The molecule has 3 aromatic heterocycles. The summed E-state index contributed by atoms with van der Waals surface area (Å²) in [5.41, 5.74) is 11.7. The van der Waals surface area contributed by atoms with Crippen molar-refractivity contribution in [2.75, 3.05) is 11.9 Å². The normalized spacial score (nSPS) is 12.0. The maximum atomic E-state index is 12.7. The standard InChI is InChI=1S/C23H28N6O2/c1-13-7-8-14(9-15(13)11-24)17-10-16-19-18(25-12-28(19)5)21(27-20(16)26-17)29(6)22(30)31-23(2,3)4/h7-10,12H,11,24H2,1-6H3,(H,26,27). The summed E-state index contributed by atoms with van der Waals surface area (Å²) >= 11 is 0. The first-order chi connectivity index (χ1) is 14.6. The first-order valence-electron chi connectivity index (χ1n) is 10.2. The number of anilines is 1. The lowest BCUT2D eigenvalue weighted by Gasteiger charge is -2.24. The van der Waals surface area contributed by atoms with Crippen LogP contribution in [0.4, 0.5) is 10.6 Å². The van der Waals surface area contributed by atoms with E-state index in [1.165, 1.54) is 4.90 Å². The van der Waals surface area contributed by atoms with Crippen LogP contribution in [0.3, 0.4) is 0 Å². The molecule has 0 fully saturated rings. The third-order valence-electron chi connectivity index (χ3n) is 5.28. The number of rotatable bonds is 3. The molecule has 0 aliphatic carbocycles. The molecule has 4 rings (SSSR count). The topological polar surface area (TPSA) is 102 Å². The van der Waals surface area contributed by atoms with Crippen LogP contribution >= 0.6 is 0 Å². The number of nitrogens with one attached hydrogen (secondary N) is 1. The number of hydrogen-bond donors (Lipinski definition) is 2. The highest BCUT2D eigenvalue weighted by molar-refractivity contribution is 6.09. The van der Waals surface area contributed by atoms with Crippen LogP contribution in [-0.2, 0) is 18.3 Å². The molecular weight excluding hydrogens is 392 g/mol. The van der Waals surface area contributed by atoms with Gasteiger partial charge in [-0.05, 0) is 56.5 Å². The van der Waals surface area contributed by atoms with Crippen molar-refractivity contribution in [2.45, 2.75) is 39.8 Å². The number of hydrogen-bond acceptors (Lipinski definition) is 5. The summed E-state index contributed by atoms with van der Waals surface area (Å²) in [7, 11) is 3.57. The van der Waals surface area contributed by atoms with E-state index < -0.39 is 11.7 Å². The Kier molecular flexibility index (Phi) is 4.97. The van der Waals surface area contributed by atoms with Crippen molar-refractivity contribution >= 4 is 34.0 Å². The number of amides is 1. The van der Waals surface area contributed by atoms with Crippen molar-refractivity contribution in [3.05, 3.63) is 41.7 Å². The van der Waals surface area contributed by atoms with Crippen LogP contribution in [0.1, 0.15) is 31.9 Å². The smallest absolute Gasteiger partial charge is 0.415 e. The Bertz CT molecular complexity index is 1300.